The number of nitrogens with zero attached hydrogens (tertiary/aromatic N) is 2. The molecule has 1 aliphatic rings. The third-order valence-electron chi connectivity index (χ3n) is 5.15. The second-order valence-corrected chi connectivity index (χ2v) is 7.99. The van der Waals surface area contributed by atoms with E-state index in [4.69, 9.17) is 16.3 Å². The maximum absolute atomic E-state index is 13.1. The average Bonchev–Trinajstić information content (AvgIpc) is 2.87. The first-order chi connectivity index (χ1) is 17.7. The number of rotatable bonds is 7. The molecule has 4 rings (SSSR count). The van der Waals surface area contributed by atoms with Gasteiger partial charge in [-0.05, 0) is 36.4 Å². The number of non-ortho nitro benzene ring substituents is 1. The van der Waals surface area contributed by atoms with Gasteiger partial charge in [0, 0.05) is 17.7 Å². The molecule has 0 bridgehead atoms. The molecular weight excluding hydrogens is 504 g/mol. The molecule has 5 amide bonds. The molecular formula is C25H17ClN4O7. The molecule has 12 heteroatoms. The number of imide groups is 2. The van der Waals surface area contributed by atoms with E-state index < -0.39 is 28.7 Å². The Hall–Kier alpha value is -5.03. The molecule has 186 valence electrons. The normalized spacial score (nSPS) is 14.4. The molecule has 0 atom stereocenters. The third-order valence-corrected chi connectivity index (χ3v) is 5.48. The van der Waals surface area contributed by atoms with Crippen molar-refractivity contribution in [1.82, 2.24) is 5.32 Å². The number of carbonyl (C=O) groups is 4. The van der Waals surface area contributed by atoms with E-state index in [0.29, 0.717) is 21.2 Å². The molecule has 0 aromatic heterocycles. The summed E-state index contributed by atoms with van der Waals surface area (Å²) in [6.45, 7) is -0.390. The zero-order valence-corrected chi connectivity index (χ0v) is 19.6. The number of barbiturate groups is 1. The number of benzene rings is 3. The number of amides is 5. The number of hydrogen-bond donors (Lipinski definition) is 2. The summed E-state index contributed by atoms with van der Waals surface area (Å²) in [5.74, 6) is -2.16. The van der Waals surface area contributed by atoms with Crippen molar-refractivity contribution in [2.24, 2.45) is 0 Å². The first-order valence-corrected chi connectivity index (χ1v) is 11.0. The number of halogens is 1. The molecule has 0 spiro atoms. The van der Waals surface area contributed by atoms with Gasteiger partial charge in [-0.2, -0.15) is 0 Å². The number of carbonyl (C=O) groups excluding carboxylic acids is 4. The fourth-order valence-corrected chi connectivity index (χ4v) is 3.58. The van der Waals surface area contributed by atoms with E-state index in [0.717, 1.165) is 12.1 Å². The Kier molecular flexibility index (Phi) is 7.26. The smallest absolute Gasteiger partial charge is 0.335 e. The lowest BCUT2D eigenvalue weighted by Gasteiger charge is -2.26. The fraction of sp³-hybridized carbons (Fsp3) is 0.0400. The van der Waals surface area contributed by atoms with Crippen LogP contribution in [0.4, 0.5) is 21.9 Å². The monoisotopic (exact) mass is 520 g/mol. The van der Waals surface area contributed by atoms with Crippen LogP contribution >= 0.6 is 11.6 Å². The van der Waals surface area contributed by atoms with Gasteiger partial charge in [-0.1, -0.05) is 41.9 Å². The van der Waals surface area contributed by atoms with Crippen LogP contribution in [0.2, 0.25) is 5.02 Å². The van der Waals surface area contributed by atoms with E-state index in [1.165, 1.54) is 18.2 Å². The third kappa shape index (κ3) is 5.63. The number of para-hydroxylation sites is 2. The average molecular weight is 521 g/mol. The zero-order chi connectivity index (χ0) is 26.5. The van der Waals surface area contributed by atoms with Crippen molar-refractivity contribution in [3.8, 4) is 5.75 Å². The predicted molar refractivity (Wildman–Crippen MR) is 134 cm³/mol. The summed E-state index contributed by atoms with van der Waals surface area (Å²) in [5, 5.41) is 15.9. The lowest BCUT2D eigenvalue weighted by molar-refractivity contribution is -0.384. The maximum Gasteiger partial charge on any atom is 0.335 e. The Morgan fingerprint density at radius 2 is 1.70 bits per heavy atom. The number of ether oxygens (including phenoxy) is 1. The molecule has 1 saturated heterocycles. The lowest BCUT2D eigenvalue weighted by atomic mass is 10.1. The standard InChI is InChI=1S/C25H17ClN4O7/c26-19-6-2-3-7-20(19)27-22(31)14-37-21-8-4-1-5-15(21)13-18-23(32)28-25(34)29(24(18)33)16-9-11-17(12-10-16)30(35)36/h1-13H,14H2,(H,27,31)(H,28,32,34)/b18-13-. The maximum atomic E-state index is 13.1. The van der Waals surface area contributed by atoms with Gasteiger partial charge in [0.15, 0.2) is 6.61 Å². The number of nitro groups is 1. The van der Waals surface area contributed by atoms with E-state index in [-0.39, 0.29) is 29.3 Å². The van der Waals surface area contributed by atoms with E-state index in [9.17, 15) is 29.3 Å². The van der Waals surface area contributed by atoms with E-state index >= 15 is 0 Å². The van der Waals surface area contributed by atoms with Crippen LogP contribution in [-0.4, -0.2) is 35.3 Å². The van der Waals surface area contributed by atoms with Gasteiger partial charge in [-0.15, -0.1) is 0 Å². The molecule has 3 aromatic carbocycles. The predicted octanol–water partition coefficient (Wildman–Crippen LogP) is 3.93. The highest BCUT2D eigenvalue weighted by Gasteiger charge is 2.37. The molecule has 0 unspecified atom stereocenters. The minimum atomic E-state index is -0.998. The molecule has 1 aliphatic heterocycles. The number of anilines is 2. The Morgan fingerprint density at radius 3 is 2.41 bits per heavy atom. The first-order valence-electron chi connectivity index (χ1n) is 10.7. The van der Waals surface area contributed by atoms with Gasteiger partial charge < -0.3 is 10.1 Å². The van der Waals surface area contributed by atoms with Crippen LogP contribution in [0.25, 0.3) is 6.08 Å². The summed E-state index contributed by atoms with van der Waals surface area (Å²) in [5.41, 5.74) is 0.130. The summed E-state index contributed by atoms with van der Waals surface area (Å²) in [6.07, 6.45) is 1.23. The van der Waals surface area contributed by atoms with E-state index in [1.54, 1.807) is 48.5 Å². The summed E-state index contributed by atoms with van der Waals surface area (Å²) in [4.78, 5) is 61.3. The highest BCUT2D eigenvalue weighted by molar-refractivity contribution is 6.39. The van der Waals surface area contributed by atoms with Crippen molar-refractivity contribution in [1.29, 1.82) is 0 Å². The topological polar surface area (TPSA) is 148 Å². The molecule has 1 heterocycles. The van der Waals surface area contributed by atoms with Crippen molar-refractivity contribution >= 4 is 58.5 Å². The van der Waals surface area contributed by atoms with Gasteiger partial charge in [0.2, 0.25) is 0 Å². The minimum Gasteiger partial charge on any atom is -0.483 e. The van der Waals surface area contributed by atoms with Crippen molar-refractivity contribution in [3.05, 3.63) is 99.1 Å². The van der Waals surface area contributed by atoms with Crippen LogP contribution in [-0.2, 0) is 14.4 Å². The number of urea groups is 1. The molecule has 37 heavy (non-hydrogen) atoms. The first kappa shape index (κ1) is 25.1. The van der Waals surface area contributed by atoms with Crippen molar-refractivity contribution in [3.63, 3.8) is 0 Å². The van der Waals surface area contributed by atoms with E-state index in [1.807, 2.05) is 0 Å². The van der Waals surface area contributed by atoms with Crippen molar-refractivity contribution in [2.45, 2.75) is 0 Å². The van der Waals surface area contributed by atoms with Crippen LogP contribution < -0.4 is 20.3 Å². The molecule has 11 nitrogen and oxygen atoms in total. The van der Waals surface area contributed by atoms with Gasteiger partial charge in [0.1, 0.15) is 11.3 Å². The minimum absolute atomic E-state index is 0.0345. The zero-order valence-electron chi connectivity index (χ0n) is 18.8. The van der Waals surface area contributed by atoms with Crippen LogP contribution in [0.5, 0.6) is 5.75 Å². The van der Waals surface area contributed by atoms with Crippen LogP contribution in [0.15, 0.2) is 78.4 Å². The van der Waals surface area contributed by atoms with Gasteiger partial charge in [0.05, 0.1) is 21.3 Å². The fourth-order valence-electron chi connectivity index (χ4n) is 3.39. The summed E-state index contributed by atoms with van der Waals surface area (Å²) in [7, 11) is 0. The molecule has 0 radical (unpaired) electrons. The second-order valence-electron chi connectivity index (χ2n) is 7.59. The highest BCUT2D eigenvalue weighted by atomic mass is 35.5. The Labute approximate surface area is 214 Å². The number of hydrogen-bond acceptors (Lipinski definition) is 7. The SMILES string of the molecule is O=C(COc1ccccc1/C=C1/C(=O)NC(=O)N(c2ccc([N+](=O)[O-])cc2)C1=O)Nc1ccccc1Cl. The van der Waals surface area contributed by atoms with Crippen LogP contribution in [0, 0.1) is 10.1 Å². The lowest BCUT2D eigenvalue weighted by Crippen LogP contribution is -2.54. The molecule has 3 aromatic rings. The van der Waals surface area contributed by atoms with Crippen molar-refractivity contribution in [2.75, 3.05) is 16.8 Å². The van der Waals surface area contributed by atoms with Gasteiger partial charge in [-0.3, -0.25) is 29.8 Å². The Morgan fingerprint density at radius 1 is 1.03 bits per heavy atom. The molecule has 0 aliphatic carbocycles. The highest BCUT2D eigenvalue weighted by Crippen LogP contribution is 2.27. The molecule has 2 N–H and O–H groups in total. The summed E-state index contributed by atoms with van der Waals surface area (Å²) < 4.78 is 5.60. The van der Waals surface area contributed by atoms with Crippen LogP contribution in [0.3, 0.4) is 0 Å². The summed E-state index contributed by atoms with van der Waals surface area (Å²) >= 11 is 6.04. The molecule has 0 saturated carbocycles. The summed E-state index contributed by atoms with van der Waals surface area (Å²) in [6, 6.07) is 16.8. The van der Waals surface area contributed by atoms with E-state index in [2.05, 4.69) is 10.6 Å². The van der Waals surface area contributed by atoms with Crippen molar-refractivity contribution < 1.29 is 28.8 Å². The van der Waals surface area contributed by atoms with Gasteiger partial charge in [-0.25, -0.2) is 9.69 Å². The quantitative estimate of drug-likeness (QED) is 0.207. The Bertz CT molecular complexity index is 1450. The molecule has 1 fully saturated rings. The van der Waals surface area contributed by atoms with Gasteiger partial charge >= 0.3 is 6.03 Å². The second kappa shape index (κ2) is 10.7. The number of nitrogens with one attached hydrogen (secondary N) is 2. The van der Waals surface area contributed by atoms with Gasteiger partial charge in [0.25, 0.3) is 23.4 Å². The van der Waals surface area contributed by atoms with Crippen LogP contribution in [0.1, 0.15) is 5.56 Å². The number of nitro benzene ring substituents is 1. The Balaban J connectivity index is 1.55. The largest absolute Gasteiger partial charge is 0.483 e.